The third-order valence-corrected chi connectivity index (χ3v) is 10.5. The lowest BCUT2D eigenvalue weighted by atomic mass is 10.1. The highest BCUT2D eigenvalue weighted by Gasteiger charge is 2.60. The first-order valence-electron chi connectivity index (χ1n) is 10.4. The van der Waals surface area contributed by atoms with E-state index in [-0.39, 0.29) is 29.7 Å². The van der Waals surface area contributed by atoms with Gasteiger partial charge in [0, 0.05) is 0 Å². The van der Waals surface area contributed by atoms with E-state index < -0.39 is 31.8 Å². The van der Waals surface area contributed by atoms with Crippen LogP contribution in [0.4, 0.5) is 4.79 Å². The normalized spacial score (nSPS) is 29.5. The summed E-state index contributed by atoms with van der Waals surface area (Å²) in [6, 6.07) is 1.39. The van der Waals surface area contributed by atoms with Crippen molar-refractivity contribution in [1.82, 2.24) is 4.90 Å². The van der Waals surface area contributed by atoms with Crippen LogP contribution in [0.15, 0.2) is 0 Å². The van der Waals surface area contributed by atoms with E-state index in [4.69, 9.17) is 18.6 Å². The standard InChI is InChI=1S/C21H38N2O5Si/c1-19(2,3)28-18(24)23-14(11-12-22)16-17(27-21(7,8)26-16)15(23)13-25-29(9,10)20(4,5)6/h14-17H,11,13H2,1-10H3/t14-,15-,16?,17+/m1/s1. The van der Waals surface area contributed by atoms with Crippen molar-refractivity contribution >= 4 is 14.4 Å². The first kappa shape index (κ1) is 24.1. The van der Waals surface area contributed by atoms with Gasteiger partial charge in [-0.3, -0.25) is 4.90 Å². The highest BCUT2D eigenvalue weighted by molar-refractivity contribution is 6.74. The number of amides is 1. The van der Waals surface area contributed by atoms with Gasteiger partial charge < -0.3 is 18.6 Å². The monoisotopic (exact) mass is 426 g/mol. The summed E-state index contributed by atoms with van der Waals surface area (Å²) in [5.41, 5.74) is -0.641. The van der Waals surface area contributed by atoms with Gasteiger partial charge in [-0.2, -0.15) is 5.26 Å². The topological polar surface area (TPSA) is 81.0 Å². The average Bonchev–Trinajstić information content (AvgIpc) is 2.94. The molecule has 2 saturated heterocycles. The maximum atomic E-state index is 13.1. The minimum atomic E-state index is -2.04. The zero-order chi connectivity index (χ0) is 22.4. The van der Waals surface area contributed by atoms with E-state index in [0.717, 1.165) is 0 Å². The Labute approximate surface area is 176 Å². The summed E-state index contributed by atoms with van der Waals surface area (Å²) in [5, 5.41) is 9.45. The molecule has 2 rings (SSSR count). The van der Waals surface area contributed by atoms with Gasteiger partial charge in [0.25, 0.3) is 0 Å². The first-order valence-corrected chi connectivity index (χ1v) is 13.3. The molecule has 1 unspecified atom stereocenters. The fraction of sp³-hybridized carbons (Fsp3) is 0.905. The summed E-state index contributed by atoms with van der Waals surface area (Å²) in [5.74, 6) is -0.766. The van der Waals surface area contributed by atoms with Gasteiger partial charge in [-0.25, -0.2) is 4.79 Å². The first-order chi connectivity index (χ1) is 13.0. The smallest absolute Gasteiger partial charge is 0.411 e. The van der Waals surface area contributed by atoms with Crippen LogP contribution in [-0.2, 0) is 18.6 Å². The van der Waals surface area contributed by atoms with E-state index >= 15 is 0 Å². The van der Waals surface area contributed by atoms with E-state index in [1.807, 2.05) is 34.6 Å². The Bertz CT molecular complexity index is 659. The van der Waals surface area contributed by atoms with Gasteiger partial charge in [-0.05, 0) is 52.8 Å². The van der Waals surface area contributed by atoms with Crippen LogP contribution in [0.25, 0.3) is 0 Å². The number of nitrogens with zero attached hydrogens (tertiary/aromatic N) is 2. The highest BCUT2D eigenvalue weighted by Crippen LogP contribution is 2.43. The minimum absolute atomic E-state index is 0.0418. The van der Waals surface area contributed by atoms with Crippen molar-refractivity contribution in [2.24, 2.45) is 0 Å². The van der Waals surface area contributed by atoms with Gasteiger partial charge in [-0.1, -0.05) is 20.8 Å². The second-order valence-electron chi connectivity index (χ2n) is 11.0. The van der Waals surface area contributed by atoms with Crippen molar-refractivity contribution in [1.29, 1.82) is 5.26 Å². The summed E-state index contributed by atoms with van der Waals surface area (Å²) in [6.07, 6.45) is -1.05. The predicted molar refractivity (Wildman–Crippen MR) is 113 cm³/mol. The SMILES string of the molecule is CC(C)(C)OC(=O)N1[C@H](CC#N)C2OC(C)(C)O[C@H]2[C@H]1CO[Si](C)(C)C(C)(C)C. The zero-order valence-electron chi connectivity index (χ0n) is 19.7. The van der Waals surface area contributed by atoms with Crippen LogP contribution < -0.4 is 0 Å². The Morgan fingerprint density at radius 2 is 1.62 bits per heavy atom. The number of fused-ring (bicyclic) bond motifs is 1. The summed E-state index contributed by atoms with van der Waals surface area (Å²) < 4.78 is 24.4. The van der Waals surface area contributed by atoms with Crippen molar-refractivity contribution in [3.05, 3.63) is 0 Å². The third kappa shape index (κ3) is 5.32. The lowest BCUT2D eigenvalue weighted by molar-refractivity contribution is -0.168. The molecular weight excluding hydrogens is 388 g/mol. The van der Waals surface area contributed by atoms with Crippen LogP contribution in [0.5, 0.6) is 0 Å². The van der Waals surface area contributed by atoms with Gasteiger partial charge in [0.05, 0.1) is 31.2 Å². The number of hydrogen-bond donors (Lipinski definition) is 0. The van der Waals surface area contributed by atoms with Crippen LogP contribution in [-0.4, -0.2) is 61.6 Å². The molecule has 0 aromatic carbocycles. The second-order valence-corrected chi connectivity index (χ2v) is 15.8. The Morgan fingerprint density at radius 1 is 1.10 bits per heavy atom. The van der Waals surface area contributed by atoms with Crippen LogP contribution in [0.2, 0.25) is 18.1 Å². The number of carbonyl (C=O) groups is 1. The van der Waals surface area contributed by atoms with Gasteiger partial charge in [0.2, 0.25) is 0 Å². The molecule has 2 aliphatic rings. The van der Waals surface area contributed by atoms with E-state index in [2.05, 4.69) is 39.9 Å². The summed E-state index contributed by atoms with van der Waals surface area (Å²) in [4.78, 5) is 14.7. The Hall–Kier alpha value is -1.14. The molecule has 0 aliphatic carbocycles. The van der Waals surface area contributed by atoms with Crippen molar-refractivity contribution in [3.63, 3.8) is 0 Å². The summed E-state index contributed by atoms with van der Waals surface area (Å²) in [7, 11) is -2.04. The van der Waals surface area contributed by atoms with E-state index in [9.17, 15) is 10.1 Å². The lowest BCUT2D eigenvalue weighted by Crippen LogP contribution is -2.52. The molecule has 4 atom stereocenters. The van der Waals surface area contributed by atoms with Gasteiger partial charge in [0.1, 0.15) is 17.8 Å². The summed E-state index contributed by atoms with van der Waals surface area (Å²) >= 11 is 0. The molecule has 0 saturated carbocycles. The molecule has 166 valence electrons. The Kier molecular flexibility index (Phi) is 6.52. The van der Waals surface area contributed by atoms with E-state index in [0.29, 0.717) is 6.61 Å². The number of ether oxygens (including phenoxy) is 3. The molecule has 8 heteroatoms. The Balaban J connectivity index is 2.35. The molecule has 2 aliphatic heterocycles. The molecule has 7 nitrogen and oxygen atoms in total. The van der Waals surface area contributed by atoms with Crippen LogP contribution >= 0.6 is 0 Å². The van der Waals surface area contributed by atoms with Crippen molar-refractivity contribution in [3.8, 4) is 6.07 Å². The second kappa shape index (κ2) is 7.84. The molecule has 0 bridgehead atoms. The van der Waals surface area contributed by atoms with Crippen molar-refractivity contribution < 1.29 is 23.4 Å². The fourth-order valence-corrected chi connectivity index (χ4v) is 4.57. The number of nitriles is 1. The van der Waals surface area contributed by atoms with Crippen LogP contribution in [0, 0.1) is 11.3 Å². The van der Waals surface area contributed by atoms with Gasteiger partial charge >= 0.3 is 6.09 Å². The van der Waals surface area contributed by atoms with E-state index in [1.165, 1.54) is 0 Å². The molecule has 2 fully saturated rings. The molecule has 2 heterocycles. The van der Waals surface area contributed by atoms with Crippen molar-refractivity contribution in [2.75, 3.05) is 6.61 Å². The largest absolute Gasteiger partial charge is 0.444 e. The maximum absolute atomic E-state index is 13.1. The van der Waals surface area contributed by atoms with Gasteiger partial charge in [-0.15, -0.1) is 0 Å². The molecule has 0 spiro atoms. The molecular formula is C21H38N2O5Si. The Morgan fingerprint density at radius 3 is 2.07 bits per heavy atom. The van der Waals surface area contributed by atoms with Crippen LogP contribution in [0.1, 0.15) is 61.8 Å². The number of likely N-dealkylation sites (tertiary alicyclic amines) is 1. The van der Waals surface area contributed by atoms with E-state index in [1.54, 1.807) is 4.90 Å². The quantitative estimate of drug-likeness (QED) is 0.619. The highest BCUT2D eigenvalue weighted by atomic mass is 28.4. The average molecular weight is 427 g/mol. The molecule has 0 aromatic rings. The summed E-state index contributed by atoms with van der Waals surface area (Å²) in [6.45, 7) is 20.4. The molecule has 0 aromatic heterocycles. The third-order valence-electron chi connectivity index (χ3n) is 5.96. The van der Waals surface area contributed by atoms with Gasteiger partial charge in [0.15, 0.2) is 14.1 Å². The zero-order valence-corrected chi connectivity index (χ0v) is 20.7. The fourth-order valence-electron chi connectivity index (χ4n) is 3.55. The molecule has 29 heavy (non-hydrogen) atoms. The molecule has 0 N–H and O–H groups in total. The number of carbonyl (C=O) groups excluding carboxylic acids is 1. The number of hydrogen-bond acceptors (Lipinski definition) is 6. The predicted octanol–water partition coefficient (Wildman–Crippen LogP) is 4.43. The minimum Gasteiger partial charge on any atom is -0.444 e. The lowest BCUT2D eigenvalue weighted by Gasteiger charge is -2.39. The number of rotatable bonds is 4. The van der Waals surface area contributed by atoms with Crippen LogP contribution in [0.3, 0.4) is 0 Å². The van der Waals surface area contributed by atoms with Crippen molar-refractivity contribution in [2.45, 2.75) is 116 Å². The molecule has 0 radical (unpaired) electrons. The maximum Gasteiger partial charge on any atom is 0.411 e. The molecule has 1 amide bonds.